The van der Waals surface area contributed by atoms with Gasteiger partial charge in [-0.15, -0.1) is 0 Å². The molecule has 0 amide bonds. The highest BCUT2D eigenvalue weighted by Gasteiger charge is 2.65. The fourth-order valence-corrected chi connectivity index (χ4v) is 3.15. The Balaban J connectivity index is 2.61. The summed E-state index contributed by atoms with van der Waals surface area (Å²) in [5.74, 6) is -5.62. The van der Waals surface area contributed by atoms with Crippen LogP contribution < -0.4 is 0 Å². The van der Waals surface area contributed by atoms with E-state index in [4.69, 9.17) is 4.74 Å². The van der Waals surface area contributed by atoms with Crippen LogP contribution in [-0.2, 0) is 14.3 Å². The van der Waals surface area contributed by atoms with Crippen molar-refractivity contribution in [1.29, 1.82) is 0 Å². The molecule has 24 heavy (non-hydrogen) atoms. The summed E-state index contributed by atoms with van der Waals surface area (Å²) >= 11 is 0. The summed E-state index contributed by atoms with van der Waals surface area (Å²) in [5, 5.41) is 0. The van der Waals surface area contributed by atoms with E-state index in [9.17, 15) is 26.7 Å². The first-order valence-corrected chi connectivity index (χ1v) is 7.22. The van der Waals surface area contributed by atoms with Crippen LogP contribution in [0, 0.1) is 24.5 Å². The van der Waals surface area contributed by atoms with Crippen molar-refractivity contribution in [3.63, 3.8) is 0 Å². The molecule has 0 N–H and O–H groups in total. The maximum absolute atomic E-state index is 13.9. The third kappa shape index (κ3) is 2.66. The van der Waals surface area contributed by atoms with Gasteiger partial charge >= 0.3 is 12.1 Å². The lowest BCUT2D eigenvalue weighted by Gasteiger charge is -2.32. The summed E-state index contributed by atoms with van der Waals surface area (Å²) in [7, 11) is 1.02. The highest BCUT2D eigenvalue weighted by molar-refractivity contribution is 5.77. The van der Waals surface area contributed by atoms with Crippen molar-refractivity contribution >= 4 is 5.97 Å². The zero-order chi connectivity index (χ0) is 18.4. The van der Waals surface area contributed by atoms with Crippen LogP contribution >= 0.6 is 0 Å². The van der Waals surface area contributed by atoms with E-state index in [0.29, 0.717) is 0 Å². The van der Waals surface area contributed by atoms with Gasteiger partial charge in [-0.2, -0.15) is 13.2 Å². The van der Waals surface area contributed by atoms with E-state index in [0.717, 1.165) is 20.1 Å². The number of methoxy groups -OCH3 is 1. The molecular weight excluding hydrogens is 335 g/mol. The van der Waals surface area contributed by atoms with Crippen LogP contribution in [0.1, 0.15) is 30.9 Å². The molecule has 0 radical (unpaired) electrons. The molecule has 4 atom stereocenters. The molecule has 0 spiro atoms. The van der Waals surface area contributed by atoms with Crippen molar-refractivity contribution in [3.8, 4) is 0 Å². The summed E-state index contributed by atoms with van der Waals surface area (Å²) in [6.07, 6.45) is -6.32. The second-order valence-corrected chi connectivity index (χ2v) is 6.06. The predicted molar refractivity (Wildman–Crippen MR) is 74.3 cm³/mol. The fraction of sp³-hybridized carbons (Fsp3) is 0.562. The van der Waals surface area contributed by atoms with E-state index >= 15 is 0 Å². The fourth-order valence-electron chi connectivity index (χ4n) is 3.15. The van der Waals surface area contributed by atoms with E-state index in [1.54, 1.807) is 0 Å². The van der Waals surface area contributed by atoms with Crippen LogP contribution in [0.2, 0.25) is 0 Å². The normalized spacial score (nSPS) is 30.5. The van der Waals surface area contributed by atoms with Crippen molar-refractivity contribution in [2.45, 2.75) is 44.6 Å². The maximum Gasteiger partial charge on any atom is 0.417 e. The maximum atomic E-state index is 13.9. The van der Waals surface area contributed by atoms with Crippen molar-refractivity contribution in [2.75, 3.05) is 7.11 Å². The number of ether oxygens (including phenoxy) is 2. The van der Waals surface area contributed by atoms with E-state index in [1.807, 2.05) is 0 Å². The van der Waals surface area contributed by atoms with Crippen LogP contribution in [0.3, 0.4) is 0 Å². The first-order chi connectivity index (χ1) is 11.0. The Bertz CT molecular complexity index is 658. The Labute approximate surface area is 135 Å². The van der Waals surface area contributed by atoms with Crippen LogP contribution in [0.25, 0.3) is 0 Å². The summed E-state index contributed by atoms with van der Waals surface area (Å²) in [5.41, 5.74) is -2.69. The summed E-state index contributed by atoms with van der Waals surface area (Å²) in [6, 6.07) is 2.00. The Morgan fingerprint density at radius 2 is 1.88 bits per heavy atom. The number of benzene rings is 1. The second-order valence-electron chi connectivity index (χ2n) is 6.06. The largest absolute Gasteiger partial charge is 0.467 e. The molecule has 1 saturated heterocycles. The van der Waals surface area contributed by atoms with Crippen molar-refractivity contribution in [3.05, 3.63) is 34.9 Å². The number of carbonyl (C=O) groups excluding carboxylic acids is 1. The van der Waals surface area contributed by atoms with Crippen LogP contribution in [-0.4, -0.2) is 31.0 Å². The van der Waals surface area contributed by atoms with Gasteiger partial charge in [-0.3, -0.25) is 0 Å². The van der Waals surface area contributed by atoms with Crippen LogP contribution in [0.4, 0.5) is 22.0 Å². The molecular formula is C16H17F5O3. The van der Waals surface area contributed by atoms with E-state index < -0.39 is 47.3 Å². The van der Waals surface area contributed by atoms with Gasteiger partial charge < -0.3 is 9.47 Å². The monoisotopic (exact) mass is 352 g/mol. The lowest BCUT2D eigenvalue weighted by molar-refractivity contribution is -0.274. The number of hydrogen-bond acceptors (Lipinski definition) is 3. The zero-order valence-corrected chi connectivity index (χ0v) is 13.5. The minimum absolute atomic E-state index is 0.0878. The highest BCUT2D eigenvalue weighted by Crippen LogP contribution is 2.53. The molecule has 1 fully saturated rings. The number of halogens is 5. The number of carbonyl (C=O) groups is 1. The topological polar surface area (TPSA) is 35.5 Å². The second kappa shape index (κ2) is 5.98. The Kier molecular flexibility index (Phi) is 4.65. The average Bonchev–Trinajstić information content (AvgIpc) is 2.78. The van der Waals surface area contributed by atoms with Crippen LogP contribution in [0.5, 0.6) is 0 Å². The van der Waals surface area contributed by atoms with Gasteiger partial charge in [-0.1, -0.05) is 13.0 Å². The van der Waals surface area contributed by atoms with Crippen molar-refractivity contribution in [1.82, 2.24) is 0 Å². The molecule has 1 aliphatic rings. The Hall–Kier alpha value is -1.70. The number of rotatable bonds is 2. The highest BCUT2D eigenvalue weighted by atomic mass is 19.4. The van der Waals surface area contributed by atoms with Crippen LogP contribution in [0.15, 0.2) is 12.1 Å². The first kappa shape index (κ1) is 18.6. The smallest absolute Gasteiger partial charge is 0.417 e. The number of esters is 1. The zero-order valence-electron chi connectivity index (χ0n) is 13.5. The van der Waals surface area contributed by atoms with Gasteiger partial charge in [-0.25, -0.2) is 13.6 Å². The van der Waals surface area contributed by atoms with Gasteiger partial charge in [0, 0.05) is 11.8 Å². The molecule has 0 saturated carbocycles. The van der Waals surface area contributed by atoms with Gasteiger partial charge in [0.1, 0.15) is 0 Å². The van der Waals surface area contributed by atoms with Gasteiger partial charge in [0.25, 0.3) is 0 Å². The van der Waals surface area contributed by atoms with E-state index in [-0.39, 0.29) is 11.1 Å². The van der Waals surface area contributed by atoms with Gasteiger partial charge in [0.05, 0.1) is 7.11 Å². The molecule has 3 nitrogen and oxygen atoms in total. The quantitative estimate of drug-likeness (QED) is 0.598. The Morgan fingerprint density at radius 3 is 2.38 bits per heavy atom. The molecule has 2 rings (SSSR count). The standard InChI is InChI=1S/C16H17F5O3/c1-7-9(5-6-10(17)12(7)18)11-8(2)15(3,16(19,20)21)24-13(11)14(22)23-4/h5-6,8,11,13H,1-4H3/t8-,11-,13-,15+/m0/s1. The van der Waals surface area contributed by atoms with Gasteiger partial charge in [0.2, 0.25) is 0 Å². The molecule has 1 aromatic rings. The predicted octanol–water partition coefficient (Wildman–Crippen LogP) is 3.89. The molecule has 1 heterocycles. The molecule has 134 valence electrons. The number of alkyl halides is 3. The summed E-state index contributed by atoms with van der Waals surface area (Å²) < 4.78 is 77.1. The lowest BCUT2D eigenvalue weighted by atomic mass is 9.76. The summed E-state index contributed by atoms with van der Waals surface area (Å²) in [4.78, 5) is 11.9. The average molecular weight is 352 g/mol. The molecule has 0 aromatic heterocycles. The van der Waals surface area contributed by atoms with E-state index in [1.165, 1.54) is 19.9 Å². The summed E-state index contributed by atoms with van der Waals surface area (Å²) in [6.45, 7) is 3.35. The SMILES string of the molecule is COC(=O)[C@H]1O[C@@](C)(C(F)(F)F)[C@@H](C)[C@H]1c1ccc(F)c(F)c1C. The number of hydrogen-bond donors (Lipinski definition) is 0. The third-order valence-corrected chi connectivity index (χ3v) is 4.84. The van der Waals surface area contributed by atoms with Gasteiger partial charge in [-0.05, 0) is 31.0 Å². The third-order valence-electron chi connectivity index (χ3n) is 4.84. The molecule has 0 aliphatic carbocycles. The first-order valence-electron chi connectivity index (χ1n) is 7.22. The molecule has 1 aliphatic heterocycles. The molecule has 8 heteroatoms. The lowest BCUT2D eigenvalue weighted by Crippen LogP contribution is -2.47. The van der Waals surface area contributed by atoms with E-state index in [2.05, 4.69) is 4.74 Å². The molecule has 0 unspecified atom stereocenters. The molecule has 0 bridgehead atoms. The van der Waals surface area contributed by atoms with Crippen molar-refractivity contribution < 1.29 is 36.2 Å². The molecule has 1 aromatic carbocycles. The Morgan fingerprint density at radius 1 is 1.29 bits per heavy atom. The van der Waals surface area contributed by atoms with Crippen molar-refractivity contribution in [2.24, 2.45) is 5.92 Å². The minimum Gasteiger partial charge on any atom is -0.467 e. The minimum atomic E-state index is -4.75. The van der Waals surface area contributed by atoms with Gasteiger partial charge in [0.15, 0.2) is 23.3 Å².